The Morgan fingerprint density at radius 2 is 0.714 bits per heavy atom. The SMILES string of the molecule is Cl[P+](c1ccccc1)(c1ccccc1)c1ccccc1.[Ag]. The number of benzene rings is 3. The molecule has 3 heteroatoms. The van der Waals surface area contributed by atoms with Gasteiger partial charge < -0.3 is 0 Å². The Morgan fingerprint density at radius 3 is 0.952 bits per heavy atom. The number of hydrogen-bond acceptors (Lipinski definition) is 0. The average Bonchev–Trinajstić information content (AvgIpc) is 2.56. The minimum atomic E-state index is -2.05. The van der Waals surface area contributed by atoms with Crippen LogP contribution in [-0.2, 0) is 22.4 Å². The molecule has 3 rings (SSSR count). The van der Waals surface area contributed by atoms with Gasteiger partial charge in [0, 0.05) is 22.4 Å². The zero-order valence-electron chi connectivity index (χ0n) is 11.3. The van der Waals surface area contributed by atoms with Gasteiger partial charge in [0.2, 0.25) is 6.62 Å². The Kier molecular flexibility index (Phi) is 5.81. The molecule has 0 saturated heterocycles. The summed E-state index contributed by atoms with van der Waals surface area (Å²) in [4.78, 5) is 0. The molecule has 3 aromatic rings. The van der Waals surface area contributed by atoms with Crippen molar-refractivity contribution >= 4 is 33.8 Å². The first-order valence-electron chi connectivity index (χ1n) is 6.57. The van der Waals surface area contributed by atoms with E-state index in [9.17, 15) is 0 Å². The van der Waals surface area contributed by atoms with Crippen molar-refractivity contribution in [3.63, 3.8) is 0 Å². The van der Waals surface area contributed by atoms with E-state index >= 15 is 0 Å². The van der Waals surface area contributed by atoms with Gasteiger partial charge in [0.15, 0.2) is 0 Å². The quantitative estimate of drug-likeness (QED) is 0.454. The molecule has 0 nitrogen and oxygen atoms in total. The van der Waals surface area contributed by atoms with Crippen molar-refractivity contribution in [1.29, 1.82) is 0 Å². The van der Waals surface area contributed by atoms with E-state index in [-0.39, 0.29) is 22.4 Å². The molecule has 21 heavy (non-hydrogen) atoms. The molecule has 1 radical (unpaired) electrons. The van der Waals surface area contributed by atoms with E-state index in [1.807, 2.05) is 18.2 Å². The Morgan fingerprint density at radius 1 is 0.476 bits per heavy atom. The largest absolute Gasteiger partial charge is 0.210 e. The molecule has 0 aliphatic heterocycles. The van der Waals surface area contributed by atoms with Gasteiger partial charge in [-0.05, 0) is 36.4 Å². The fourth-order valence-corrected chi connectivity index (χ4v) is 6.00. The number of rotatable bonds is 3. The Labute approximate surface area is 146 Å². The molecule has 0 atom stereocenters. The van der Waals surface area contributed by atoms with E-state index < -0.39 is 6.62 Å². The molecule has 0 unspecified atom stereocenters. The van der Waals surface area contributed by atoms with Crippen LogP contribution in [0.2, 0.25) is 0 Å². The van der Waals surface area contributed by atoms with Gasteiger partial charge in [-0.1, -0.05) is 54.6 Å². The monoisotopic (exact) mass is 404 g/mol. The maximum Gasteiger partial charge on any atom is 0.210 e. The molecule has 0 heterocycles. The van der Waals surface area contributed by atoms with Crippen LogP contribution in [0.3, 0.4) is 0 Å². The minimum absolute atomic E-state index is 0. The summed E-state index contributed by atoms with van der Waals surface area (Å²) in [7, 11) is 0. The van der Waals surface area contributed by atoms with E-state index in [4.69, 9.17) is 11.2 Å². The fraction of sp³-hybridized carbons (Fsp3) is 0. The fourth-order valence-electron chi connectivity index (χ4n) is 2.35. The Hall–Kier alpha value is -0.880. The predicted molar refractivity (Wildman–Crippen MR) is 91.0 cm³/mol. The van der Waals surface area contributed by atoms with E-state index in [0.29, 0.717) is 0 Å². The molecule has 3 aromatic carbocycles. The Bertz CT molecular complexity index is 575. The molecule has 0 spiro atoms. The average molecular weight is 406 g/mol. The molecule has 0 N–H and O–H groups in total. The van der Waals surface area contributed by atoms with E-state index in [0.717, 1.165) is 0 Å². The van der Waals surface area contributed by atoms with Gasteiger partial charge in [0.25, 0.3) is 0 Å². The summed E-state index contributed by atoms with van der Waals surface area (Å²) < 4.78 is 0. The first-order valence-corrected chi connectivity index (χ1v) is 9.27. The molecule has 109 valence electrons. The molecule has 0 amide bonds. The van der Waals surface area contributed by atoms with Crippen LogP contribution in [0.5, 0.6) is 0 Å². The standard InChI is InChI=1S/C18H15ClP.Ag/c19-20(16-10-4-1-5-11-16,17-12-6-2-7-13-17)18-14-8-3-9-15-18;/h1-15H;/q+1;. The molecule has 0 saturated carbocycles. The van der Waals surface area contributed by atoms with Crippen LogP contribution >= 0.6 is 17.9 Å². The third-order valence-electron chi connectivity index (χ3n) is 3.34. The first-order chi connectivity index (χ1) is 9.82. The van der Waals surface area contributed by atoms with Gasteiger partial charge in [-0.25, -0.2) is 0 Å². The van der Waals surface area contributed by atoms with Gasteiger partial charge in [0.1, 0.15) is 27.2 Å². The second-order valence-electron chi connectivity index (χ2n) is 4.60. The molecular formula is C18H15AgClP+. The van der Waals surface area contributed by atoms with Crippen LogP contribution in [0.4, 0.5) is 0 Å². The minimum Gasteiger partial charge on any atom is -0.0620 e. The van der Waals surface area contributed by atoms with E-state index in [1.54, 1.807) is 0 Å². The summed E-state index contributed by atoms with van der Waals surface area (Å²) in [6.45, 7) is -2.05. The summed E-state index contributed by atoms with van der Waals surface area (Å²) in [6.07, 6.45) is 0. The van der Waals surface area contributed by atoms with Crippen molar-refractivity contribution in [2.75, 3.05) is 0 Å². The van der Waals surface area contributed by atoms with Crippen molar-refractivity contribution in [2.24, 2.45) is 0 Å². The second-order valence-corrected chi connectivity index (χ2v) is 8.84. The smallest absolute Gasteiger partial charge is 0.0620 e. The van der Waals surface area contributed by atoms with E-state index in [1.165, 1.54) is 15.9 Å². The molecule has 0 bridgehead atoms. The normalized spacial score (nSPS) is 10.7. The maximum atomic E-state index is 7.23. The van der Waals surface area contributed by atoms with Gasteiger partial charge in [-0.2, -0.15) is 0 Å². The Balaban J connectivity index is 0.00000161. The van der Waals surface area contributed by atoms with Crippen molar-refractivity contribution in [3.05, 3.63) is 91.0 Å². The summed E-state index contributed by atoms with van der Waals surface area (Å²) >= 11 is 7.23. The third-order valence-corrected chi connectivity index (χ3v) is 8.12. The van der Waals surface area contributed by atoms with E-state index in [2.05, 4.69) is 72.8 Å². The second kappa shape index (κ2) is 7.40. The van der Waals surface area contributed by atoms with Gasteiger partial charge >= 0.3 is 0 Å². The van der Waals surface area contributed by atoms with Crippen molar-refractivity contribution in [3.8, 4) is 0 Å². The molecule has 0 aromatic heterocycles. The van der Waals surface area contributed by atoms with Gasteiger partial charge in [-0.15, -0.1) is 0 Å². The predicted octanol–water partition coefficient (Wildman–Crippen LogP) is 4.13. The summed E-state index contributed by atoms with van der Waals surface area (Å²) in [5.41, 5.74) is 0. The van der Waals surface area contributed by atoms with Gasteiger partial charge in [0.05, 0.1) is 0 Å². The third kappa shape index (κ3) is 3.31. The van der Waals surface area contributed by atoms with Crippen LogP contribution in [0.25, 0.3) is 0 Å². The van der Waals surface area contributed by atoms with Crippen LogP contribution in [-0.4, -0.2) is 0 Å². The van der Waals surface area contributed by atoms with Crippen molar-refractivity contribution in [1.82, 2.24) is 0 Å². The van der Waals surface area contributed by atoms with Crippen LogP contribution in [0.1, 0.15) is 0 Å². The maximum absolute atomic E-state index is 7.23. The topological polar surface area (TPSA) is 0 Å². The summed E-state index contributed by atoms with van der Waals surface area (Å²) in [5, 5.41) is 3.58. The first kappa shape index (κ1) is 16.5. The molecule has 0 aliphatic carbocycles. The van der Waals surface area contributed by atoms with Crippen molar-refractivity contribution in [2.45, 2.75) is 0 Å². The number of hydrogen-bond donors (Lipinski definition) is 0. The van der Waals surface area contributed by atoms with Gasteiger partial charge in [-0.3, -0.25) is 0 Å². The number of halogens is 1. The summed E-state index contributed by atoms with van der Waals surface area (Å²) in [5.74, 6) is 0. The molecule has 0 fully saturated rings. The zero-order valence-corrected chi connectivity index (χ0v) is 14.4. The molecular weight excluding hydrogens is 390 g/mol. The van der Waals surface area contributed by atoms with Crippen LogP contribution in [0.15, 0.2) is 91.0 Å². The van der Waals surface area contributed by atoms with Crippen molar-refractivity contribution < 1.29 is 22.4 Å². The van der Waals surface area contributed by atoms with Crippen LogP contribution in [0, 0.1) is 0 Å². The van der Waals surface area contributed by atoms with Crippen LogP contribution < -0.4 is 15.9 Å². The molecule has 0 aliphatic rings. The summed E-state index contributed by atoms with van der Waals surface area (Å²) in [6, 6.07) is 31.2. The zero-order chi connectivity index (χ0) is 13.8.